The maximum atomic E-state index is 5.68. The molecule has 1 aromatic rings. The number of methoxy groups -OCH3 is 3. The maximum Gasteiger partial charge on any atom is 0.194 e. The molecule has 0 aliphatic carbocycles. The molecule has 0 fully saturated rings. The molecule has 3 nitrogen and oxygen atoms in total. The predicted octanol–water partition coefficient (Wildman–Crippen LogP) is 0.860. The molecule has 90 valence electrons. The molecule has 0 spiro atoms. The molecule has 0 saturated heterocycles. The molecular formula is C12H20O3Si. The number of rotatable bonds is 5. The van der Waals surface area contributed by atoms with Gasteiger partial charge in [-0.25, -0.2) is 0 Å². The topological polar surface area (TPSA) is 27.7 Å². The normalized spacial score (nSPS) is 16.0. The van der Waals surface area contributed by atoms with Crippen molar-refractivity contribution in [1.82, 2.24) is 0 Å². The van der Waals surface area contributed by atoms with Crippen molar-refractivity contribution in [3.8, 4) is 0 Å². The first-order chi connectivity index (χ1) is 7.54. The molecule has 1 aromatic carbocycles. The van der Waals surface area contributed by atoms with Crippen LogP contribution in [0.5, 0.6) is 0 Å². The van der Waals surface area contributed by atoms with Gasteiger partial charge in [-0.15, -0.1) is 0 Å². The molecule has 1 rings (SSSR count). The van der Waals surface area contributed by atoms with Crippen molar-refractivity contribution in [3.63, 3.8) is 0 Å². The molecule has 0 bridgehead atoms. The number of benzene rings is 1. The van der Waals surface area contributed by atoms with Crippen molar-refractivity contribution in [2.45, 2.75) is 17.9 Å². The van der Waals surface area contributed by atoms with Gasteiger partial charge in [-0.2, -0.15) is 0 Å². The second kappa shape index (κ2) is 5.10. The molecule has 1 atom stereocenters. The molecule has 0 aliphatic rings. The second-order valence-corrected chi connectivity index (χ2v) is 5.37. The van der Waals surface area contributed by atoms with Crippen molar-refractivity contribution in [1.29, 1.82) is 0 Å². The van der Waals surface area contributed by atoms with E-state index < -0.39 is 11.0 Å². The lowest BCUT2D eigenvalue weighted by Crippen LogP contribution is -2.54. The van der Waals surface area contributed by atoms with Crippen LogP contribution in [-0.2, 0) is 19.4 Å². The lowest BCUT2D eigenvalue weighted by molar-refractivity contribution is -0.274. The third-order valence-electron chi connectivity index (χ3n) is 3.38. The fourth-order valence-electron chi connectivity index (χ4n) is 1.79. The lowest BCUT2D eigenvalue weighted by Gasteiger charge is -2.43. The number of ether oxygens (including phenoxy) is 3. The summed E-state index contributed by atoms with van der Waals surface area (Å²) < 4.78 is 16.7. The predicted molar refractivity (Wildman–Crippen MR) is 67.5 cm³/mol. The Hall–Kier alpha value is -0.683. The van der Waals surface area contributed by atoms with Gasteiger partial charge in [-0.05, 0) is 12.5 Å². The molecule has 4 heteroatoms. The summed E-state index contributed by atoms with van der Waals surface area (Å²) in [6, 6.07) is 10.0. The molecule has 0 amide bonds. The van der Waals surface area contributed by atoms with Gasteiger partial charge in [0, 0.05) is 21.3 Å². The van der Waals surface area contributed by atoms with Gasteiger partial charge >= 0.3 is 0 Å². The average molecular weight is 240 g/mol. The minimum absolute atomic E-state index is 0.516. The summed E-state index contributed by atoms with van der Waals surface area (Å²) in [4.78, 5) is 0. The van der Waals surface area contributed by atoms with Crippen LogP contribution in [0.2, 0.25) is 0 Å². The van der Waals surface area contributed by atoms with E-state index in [9.17, 15) is 0 Å². The van der Waals surface area contributed by atoms with E-state index in [4.69, 9.17) is 14.2 Å². The monoisotopic (exact) mass is 240 g/mol. The molecule has 0 heterocycles. The van der Waals surface area contributed by atoms with Gasteiger partial charge in [0.2, 0.25) is 0 Å². The smallest absolute Gasteiger partial charge is 0.194 e. The summed E-state index contributed by atoms with van der Waals surface area (Å²) in [5, 5.41) is -0.516. The maximum absolute atomic E-state index is 5.68. The van der Waals surface area contributed by atoms with E-state index >= 15 is 0 Å². The van der Waals surface area contributed by atoms with E-state index in [1.54, 1.807) is 21.3 Å². The first kappa shape index (κ1) is 13.4. The van der Waals surface area contributed by atoms with Crippen molar-refractivity contribution in [2.24, 2.45) is 0 Å². The van der Waals surface area contributed by atoms with Crippen LogP contribution in [0.1, 0.15) is 12.5 Å². The van der Waals surface area contributed by atoms with Crippen molar-refractivity contribution in [3.05, 3.63) is 35.9 Å². The Morgan fingerprint density at radius 3 is 1.81 bits per heavy atom. The molecule has 0 N–H and O–H groups in total. The van der Waals surface area contributed by atoms with Gasteiger partial charge in [-0.1, -0.05) is 30.3 Å². The van der Waals surface area contributed by atoms with Crippen molar-refractivity contribution in [2.75, 3.05) is 21.3 Å². The zero-order chi connectivity index (χ0) is 12.2. The van der Waals surface area contributed by atoms with Crippen molar-refractivity contribution >= 4 is 10.2 Å². The van der Waals surface area contributed by atoms with Gasteiger partial charge in [0.05, 0.1) is 10.2 Å². The van der Waals surface area contributed by atoms with E-state index in [0.29, 0.717) is 0 Å². The Labute approximate surface area is 100 Å². The van der Waals surface area contributed by atoms with E-state index in [1.807, 2.05) is 37.3 Å². The van der Waals surface area contributed by atoms with E-state index in [2.05, 4.69) is 0 Å². The fraction of sp³-hybridized carbons (Fsp3) is 0.500. The molecule has 1 unspecified atom stereocenters. The van der Waals surface area contributed by atoms with Crippen LogP contribution in [0.15, 0.2) is 30.3 Å². The molecule has 0 saturated carbocycles. The summed E-state index contributed by atoms with van der Waals surface area (Å²) >= 11 is 0. The van der Waals surface area contributed by atoms with Crippen LogP contribution in [-0.4, -0.2) is 37.4 Å². The largest absolute Gasteiger partial charge is 0.373 e. The Bertz CT molecular complexity index is 324. The minimum atomic E-state index is -0.769. The van der Waals surface area contributed by atoms with Crippen LogP contribution in [0.4, 0.5) is 0 Å². The first-order valence-electron chi connectivity index (χ1n) is 5.25. The van der Waals surface area contributed by atoms with Crippen LogP contribution < -0.4 is 0 Å². The van der Waals surface area contributed by atoms with Gasteiger partial charge in [0.1, 0.15) is 5.22 Å². The first-order valence-corrected chi connectivity index (χ1v) is 6.25. The van der Waals surface area contributed by atoms with Gasteiger partial charge < -0.3 is 14.2 Å². The number of hydrogen-bond donors (Lipinski definition) is 0. The SMILES string of the molecule is COC(C)(OC)C([SiH3])(OC)c1ccccc1. The summed E-state index contributed by atoms with van der Waals surface area (Å²) in [5.74, 6) is -0.769. The van der Waals surface area contributed by atoms with Gasteiger partial charge in [-0.3, -0.25) is 0 Å². The highest BCUT2D eigenvalue weighted by Gasteiger charge is 2.47. The van der Waals surface area contributed by atoms with Crippen LogP contribution in [0, 0.1) is 0 Å². The second-order valence-electron chi connectivity index (χ2n) is 3.96. The zero-order valence-electron chi connectivity index (χ0n) is 10.6. The summed E-state index contributed by atoms with van der Waals surface area (Å²) in [6.07, 6.45) is 0. The Morgan fingerprint density at radius 1 is 0.938 bits per heavy atom. The lowest BCUT2D eigenvalue weighted by atomic mass is 10.0. The standard InChI is InChI=1S/C12H20O3Si/c1-11(13-2,14-3)12(16,15-4)10-8-6-5-7-9-10/h5-9H,1-4,16H3. The highest BCUT2D eigenvalue weighted by atomic mass is 28.1. The summed E-state index contributed by atoms with van der Waals surface area (Å²) in [6.45, 7) is 1.90. The fourth-order valence-corrected chi connectivity index (χ4v) is 2.54. The van der Waals surface area contributed by atoms with Crippen LogP contribution >= 0.6 is 0 Å². The van der Waals surface area contributed by atoms with Crippen LogP contribution in [0.3, 0.4) is 0 Å². The molecule has 0 aliphatic heterocycles. The third-order valence-corrected chi connectivity index (χ3v) is 5.27. The Kier molecular flexibility index (Phi) is 4.26. The molecule has 16 heavy (non-hydrogen) atoms. The molecule has 0 aromatic heterocycles. The Balaban J connectivity index is 3.21. The van der Waals surface area contributed by atoms with E-state index in [1.165, 1.54) is 0 Å². The van der Waals surface area contributed by atoms with E-state index in [0.717, 1.165) is 15.8 Å². The quantitative estimate of drug-likeness (QED) is 0.564. The van der Waals surface area contributed by atoms with Crippen LogP contribution in [0.25, 0.3) is 0 Å². The van der Waals surface area contributed by atoms with E-state index in [-0.39, 0.29) is 0 Å². The zero-order valence-corrected chi connectivity index (χ0v) is 12.6. The number of hydrogen-bond acceptors (Lipinski definition) is 3. The molecular weight excluding hydrogens is 220 g/mol. The average Bonchev–Trinajstić information content (AvgIpc) is 2.37. The Morgan fingerprint density at radius 2 is 1.44 bits per heavy atom. The highest BCUT2D eigenvalue weighted by molar-refractivity contribution is 6.15. The molecule has 0 radical (unpaired) electrons. The minimum Gasteiger partial charge on any atom is -0.373 e. The van der Waals surface area contributed by atoms with Gasteiger partial charge in [0.25, 0.3) is 0 Å². The third kappa shape index (κ3) is 2.06. The highest BCUT2D eigenvalue weighted by Crippen LogP contribution is 2.36. The van der Waals surface area contributed by atoms with Crippen molar-refractivity contribution < 1.29 is 14.2 Å². The van der Waals surface area contributed by atoms with Gasteiger partial charge in [0.15, 0.2) is 5.79 Å². The summed E-state index contributed by atoms with van der Waals surface area (Å²) in [7, 11) is 5.73. The summed E-state index contributed by atoms with van der Waals surface area (Å²) in [5.41, 5.74) is 1.08.